The molecule has 19 heavy (non-hydrogen) atoms. The molecule has 0 radical (unpaired) electrons. The fourth-order valence-electron chi connectivity index (χ4n) is 1.06. The summed E-state index contributed by atoms with van der Waals surface area (Å²) in [5.41, 5.74) is 0.207. The lowest BCUT2D eigenvalue weighted by atomic mass is 10.3. The second-order valence-corrected chi connectivity index (χ2v) is 4.66. The zero-order chi connectivity index (χ0) is 14.6. The van der Waals surface area contributed by atoms with Gasteiger partial charge in [0.05, 0.1) is 27.3 Å². The lowest BCUT2D eigenvalue weighted by molar-refractivity contribution is -0.146. The lowest BCUT2D eigenvalue weighted by Crippen LogP contribution is -2.38. The van der Waals surface area contributed by atoms with Gasteiger partial charge < -0.3 is 20.8 Å². The van der Waals surface area contributed by atoms with Crippen molar-refractivity contribution in [2.75, 3.05) is 11.9 Å². The van der Waals surface area contributed by atoms with Gasteiger partial charge in [-0.1, -0.05) is 34.8 Å². The Morgan fingerprint density at radius 3 is 2.32 bits per heavy atom. The highest BCUT2D eigenvalue weighted by Gasteiger charge is 2.15. The number of urea groups is 1. The van der Waals surface area contributed by atoms with E-state index in [1.807, 2.05) is 0 Å². The van der Waals surface area contributed by atoms with E-state index in [1.54, 1.807) is 0 Å². The molecule has 0 aromatic heterocycles. The molecule has 0 saturated heterocycles. The van der Waals surface area contributed by atoms with Gasteiger partial charge in [-0.25, -0.2) is 9.59 Å². The van der Waals surface area contributed by atoms with Crippen molar-refractivity contribution < 1.29 is 19.8 Å². The quantitative estimate of drug-likeness (QED) is 0.637. The van der Waals surface area contributed by atoms with E-state index >= 15 is 0 Å². The molecule has 2 amide bonds. The van der Waals surface area contributed by atoms with Crippen molar-refractivity contribution in [1.29, 1.82) is 0 Å². The molecule has 0 bridgehead atoms. The third-order valence-corrected chi connectivity index (χ3v) is 3.03. The SMILES string of the molecule is O=C(NCC(O)C(=O)O)Nc1cc(Cl)c(Cl)cc1Cl. The number of rotatable bonds is 4. The van der Waals surface area contributed by atoms with Crippen LogP contribution in [0.2, 0.25) is 15.1 Å². The summed E-state index contributed by atoms with van der Waals surface area (Å²) in [6.07, 6.45) is -1.69. The average molecular weight is 328 g/mol. The number of halogens is 3. The molecule has 0 fully saturated rings. The van der Waals surface area contributed by atoms with Crippen molar-refractivity contribution in [3.05, 3.63) is 27.2 Å². The van der Waals surface area contributed by atoms with E-state index in [0.717, 1.165) is 0 Å². The monoisotopic (exact) mass is 326 g/mol. The first-order valence-corrected chi connectivity index (χ1v) is 6.05. The van der Waals surface area contributed by atoms with E-state index in [-0.39, 0.29) is 20.8 Å². The van der Waals surface area contributed by atoms with Gasteiger partial charge in [0.15, 0.2) is 6.10 Å². The number of carbonyl (C=O) groups excluding carboxylic acids is 1. The zero-order valence-electron chi connectivity index (χ0n) is 9.28. The Kier molecular flexibility index (Phi) is 5.68. The molecule has 4 N–H and O–H groups in total. The Hall–Kier alpha value is -1.21. The molecule has 0 aliphatic carbocycles. The summed E-state index contributed by atoms with van der Waals surface area (Å²) in [4.78, 5) is 21.8. The molecule has 0 spiro atoms. The van der Waals surface area contributed by atoms with Gasteiger partial charge >= 0.3 is 12.0 Å². The van der Waals surface area contributed by atoms with Crippen LogP contribution in [-0.2, 0) is 4.79 Å². The summed E-state index contributed by atoms with van der Waals surface area (Å²) in [6, 6.07) is 1.97. The summed E-state index contributed by atoms with van der Waals surface area (Å²) in [7, 11) is 0. The van der Waals surface area contributed by atoms with Crippen molar-refractivity contribution in [2.24, 2.45) is 0 Å². The Labute approximate surface area is 123 Å². The van der Waals surface area contributed by atoms with Crippen molar-refractivity contribution in [1.82, 2.24) is 5.32 Å². The van der Waals surface area contributed by atoms with Gasteiger partial charge in [-0.15, -0.1) is 0 Å². The van der Waals surface area contributed by atoms with Gasteiger partial charge in [-0.3, -0.25) is 0 Å². The molecule has 0 saturated carbocycles. The normalized spacial score (nSPS) is 11.8. The minimum Gasteiger partial charge on any atom is -0.479 e. The molecule has 1 rings (SSSR count). The number of hydrogen-bond acceptors (Lipinski definition) is 3. The second kappa shape index (κ2) is 6.81. The van der Waals surface area contributed by atoms with E-state index in [2.05, 4.69) is 10.6 Å². The Morgan fingerprint density at radius 2 is 1.74 bits per heavy atom. The Balaban J connectivity index is 2.62. The Morgan fingerprint density at radius 1 is 1.16 bits per heavy atom. The lowest BCUT2D eigenvalue weighted by Gasteiger charge is -2.11. The number of aliphatic carboxylic acids is 1. The largest absolute Gasteiger partial charge is 0.479 e. The molecule has 0 aliphatic rings. The number of amides is 2. The number of benzene rings is 1. The van der Waals surface area contributed by atoms with Crippen LogP contribution in [0, 0.1) is 0 Å². The minimum absolute atomic E-state index is 0.170. The third-order valence-electron chi connectivity index (χ3n) is 2.00. The van der Waals surface area contributed by atoms with Gasteiger partial charge in [-0.05, 0) is 12.1 Å². The fourth-order valence-corrected chi connectivity index (χ4v) is 1.66. The highest BCUT2D eigenvalue weighted by Crippen LogP contribution is 2.32. The average Bonchev–Trinajstić information content (AvgIpc) is 2.32. The van der Waals surface area contributed by atoms with Gasteiger partial charge in [0, 0.05) is 0 Å². The molecule has 1 aromatic rings. The number of anilines is 1. The van der Waals surface area contributed by atoms with Crippen LogP contribution in [0.4, 0.5) is 10.5 Å². The number of aliphatic hydroxyl groups excluding tert-OH is 1. The molecule has 6 nitrogen and oxygen atoms in total. The number of carbonyl (C=O) groups is 2. The van der Waals surface area contributed by atoms with Crippen molar-refractivity contribution in [3.8, 4) is 0 Å². The predicted octanol–water partition coefficient (Wildman–Crippen LogP) is 2.21. The van der Waals surface area contributed by atoms with Crippen LogP contribution in [0.25, 0.3) is 0 Å². The summed E-state index contributed by atoms with van der Waals surface area (Å²) < 4.78 is 0. The van der Waals surface area contributed by atoms with Crippen LogP contribution in [0.5, 0.6) is 0 Å². The molecule has 1 atom stereocenters. The highest BCUT2D eigenvalue weighted by molar-refractivity contribution is 6.44. The van der Waals surface area contributed by atoms with Gasteiger partial charge in [0.25, 0.3) is 0 Å². The zero-order valence-corrected chi connectivity index (χ0v) is 11.6. The molecule has 1 aromatic carbocycles. The first-order chi connectivity index (χ1) is 8.81. The van der Waals surface area contributed by atoms with Crippen LogP contribution >= 0.6 is 34.8 Å². The second-order valence-electron chi connectivity index (χ2n) is 3.44. The van der Waals surface area contributed by atoms with Crippen molar-refractivity contribution in [3.63, 3.8) is 0 Å². The minimum atomic E-state index is -1.69. The van der Waals surface area contributed by atoms with Gasteiger partial charge in [0.1, 0.15) is 0 Å². The maximum Gasteiger partial charge on any atom is 0.334 e. The van der Waals surface area contributed by atoms with E-state index in [9.17, 15) is 9.59 Å². The summed E-state index contributed by atoms with van der Waals surface area (Å²) in [5, 5.41) is 22.5. The van der Waals surface area contributed by atoms with Crippen LogP contribution in [0.15, 0.2) is 12.1 Å². The fraction of sp³-hybridized carbons (Fsp3) is 0.200. The molecule has 0 aliphatic heterocycles. The van der Waals surface area contributed by atoms with Crippen LogP contribution in [0.3, 0.4) is 0 Å². The summed E-state index contributed by atoms with van der Waals surface area (Å²) >= 11 is 17.3. The molecule has 104 valence electrons. The maximum atomic E-state index is 11.4. The number of carboxylic acid groups (broad SMARTS) is 1. The van der Waals surface area contributed by atoms with Crippen LogP contribution in [-0.4, -0.2) is 34.9 Å². The molecule has 0 heterocycles. The first-order valence-electron chi connectivity index (χ1n) is 4.91. The Bertz CT molecular complexity index is 510. The standard InChI is InChI=1S/C10H9Cl3N2O4/c11-4-1-6(13)7(2-5(4)12)15-10(19)14-3-8(16)9(17)18/h1-2,8,16H,3H2,(H,17,18)(H2,14,15,19). The summed E-state index contributed by atoms with van der Waals surface area (Å²) in [5.74, 6) is -1.44. The third kappa shape index (κ3) is 4.76. The van der Waals surface area contributed by atoms with Crippen molar-refractivity contribution in [2.45, 2.75) is 6.10 Å². The smallest absolute Gasteiger partial charge is 0.334 e. The van der Waals surface area contributed by atoms with E-state index in [4.69, 9.17) is 45.0 Å². The van der Waals surface area contributed by atoms with E-state index < -0.39 is 24.6 Å². The predicted molar refractivity (Wildman–Crippen MR) is 72.1 cm³/mol. The molecule has 1 unspecified atom stereocenters. The maximum absolute atomic E-state index is 11.4. The number of nitrogens with one attached hydrogen (secondary N) is 2. The first kappa shape index (κ1) is 15.8. The van der Waals surface area contributed by atoms with Gasteiger partial charge in [-0.2, -0.15) is 0 Å². The summed E-state index contributed by atoms with van der Waals surface area (Å²) in [6.45, 7) is -0.444. The van der Waals surface area contributed by atoms with Crippen LogP contribution in [0.1, 0.15) is 0 Å². The van der Waals surface area contributed by atoms with E-state index in [1.165, 1.54) is 12.1 Å². The van der Waals surface area contributed by atoms with Gasteiger partial charge in [0.2, 0.25) is 0 Å². The van der Waals surface area contributed by atoms with E-state index in [0.29, 0.717) is 0 Å². The number of hydrogen-bond donors (Lipinski definition) is 4. The number of carboxylic acids is 1. The van der Waals surface area contributed by atoms with Crippen LogP contribution < -0.4 is 10.6 Å². The molecular formula is C10H9Cl3N2O4. The molecule has 9 heteroatoms. The topological polar surface area (TPSA) is 98.7 Å². The number of aliphatic hydroxyl groups is 1. The highest BCUT2D eigenvalue weighted by atomic mass is 35.5. The van der Waals surface area contributed by atoms with Crippen molar-refractivity contribution >= 4 is 52.5 Å². The molecular weight excluding hydrogens is 318 g/mol.